The molecular formula is C28H36FN5O4. The second-order valence-electron chi connectivity index (χ2n) is 10.2. The lowest BCUT2D eigenvalue weighted by Gasteiger charge is -2.37. The van der Waals surface area contributed by atoms with Gasteiger partial charge in [0, 0.05) is 88.2 Å². The van der Waals surface area contributed by atoms with Gasteiger partial charge >= 0.3 is 0 Å². The largest absolute Gasteiger partial charge is 0.478 e. The van der Waals surface area contributed by atoms with Crippen molar-refractivity contribution >= 4 is 28.9 Å². The Labute approximate surface area is 222 Å². The fraction of sp³-hybridized carbons (Fsp3) is 0.500. The number of carbonyl (C=O) groups excluding carboxylic acids is 2. The molecule has 3 heterocycles. The molecule has 0 saturated carbocycles. The predicted octanol–water partition coefficient (Wildman–Crippen LogP) is 2.46. The van der Waals surface area contributed by atoms with Gasteiger partial charge in [0.15, 0.2) is 6.10 Å². The molecule has 0 bridgehead atoms. The molecule has 0 spiro atoms. The van der Waals surface area contributed by atoms with E-state index >= 15 is 0 Å². The second kappa shape index (κ2) is 11.2. The Balaban J connectivity index is 1.24. The SMILES string of the molecule is CCC(=O)N1CCN(c2ccc(NC(=O)C3CC(O)c4cc(F)cc(N5CCN(C)CC5)c4O3)cc2)CC1. The quantitative estimate of drug-likeness (QED) is 0.620. The molecule has 2 aromatic rings. The Morgan fingerprint density at radius 3 is 2.32 bits per heavy atom. The fourth-order valence-electron chi connectivity index (χ4n) is 5.35. The number of halogens is 1. The summed E-state index contributed by atoms with van der Waals surface area (Å²) in [6.45, 7) is 7.90. The number of aliphatic hydroxyl groups excluding tert-OH is 1. The molecule has 2 atom stereocenters. The van der Waals surface area contributed by atoms with Crippen LogP contribution in [-0.4, -0.2) is 92.2 Å². The van der Waals surface area contributed by atoms with E-state index in [2.05, 4.69) is 15.1 Å². The summed E-state index contributed by atoms with van der Waals surface area (Å²) in [6.07, 6.45) is -1.34. The highest BCUT2D eigenvalue weighted by Gasteiger charge is 2.35. The maximum absolute atomic E-state index is 14.4. The monoisotopic (exact) mass is 525 g/mol. The number of carbonyl (C=O) groups is 2. The van der Waals surface area contributed by atoms with Gasteiger partial charge in [-0.2, -0.15) is 0 Å². The first-order chi connectivity index (χ1) is 18.3. The summed E-state index contributed by atoms with van der Waals surface area (Å²) < 4.78 is 20.6. The van der Waals surface area contributed by atoms with Gasteiger partial charge in [-0.15, -0.1) is 0 Å². The molecule has 2 N–H and O–H groups in total. The average Bonchev–Trinajstić information content (AvgIpc) is 2.93. The average molecular weight is 526 g/mol. The maximum atomic E-state index is 14.4. The Morgan fingerprint density at radius 1 is 1.00 bits per heavy atom. The van der Waals surface area contributed by atoms with Crippen LogP contribution in [0, 0.1) is 5.82 Å². The Bertz CT molecular complexity index is 1160. The molecule has 2 aromatic carbocycles. The molecule has 2 unspecified atom stereocenters. The summed E-state index contributed by atoms with van der Waals surface area (Å²) in [6, 6.07) is 10.3. The van der Waals surface area contributed by atoms with Gasteiger partial charge in [-0.25, -0.2) is 4.39 Å². The second-order valence-corrected chi connectivity index (χ2v) is 10.2. The zero-order valence-corrected chi connectivity index (χ0v) is 22.0. The number of ether oxygens (including phenoxy) is 1. The van der Waals surface area contributed by atoms with Crippen LogP contribution in [0.25, 0.3) is 0 Å². The first-order valence-corrected chi connectivity index (χ1v) is 13.4. The minimum absolute atomic E-state index is 0.0449. The summed E-state index contributed by atoms with van der Waals surface area (Å²) in [4.78, 5) is 33.4. The molecule has 3 aliphatic heterocycles. The summed E-state index contributed by atoms with van der Waals surface area (Å²) in [5.74, 6) is -0.225. The van der Waals surface area contributed by atoms with Crippen molar-refractivity contribution in [3.8, 4) is 5.75 Å². The zero-order valence-electron chi connectivity index (χ0n) is 22.0. The maximum Gasteiger partial charge on any atom is 0.265 e. The molecule has 0 aromatic heterocycles. The van der Waals surface area contributed by atoms with Crippen molar-refractivity contribution in [2.45, 2.75) is 32.0 Å². The summed E-state index contributed by atoms with van der Waals surface area (Å²) >= 11 is 0. The normalized spacial score (nSPS) is 22.1. The molecule has 5 rings (SSSR count). The van der Waals surface area contributed by atoms with E-state index in [9.17, 15) is 19.1 Å². The van der Waals surface area contributed by atoms with E-state index in [4.69, 9.17) is 4.74 Å². The Morgan fingerprint density at radius 2 is 1.66 bits per heavy atom. The molecular weight excluding hydrogens is 489 g/mol. The first kappa shape index (κ1) is 26.2. The van der Waals surface area contributed by atoms with Crippen LogP contribution in [0.1, 0.15) is 31.4 Å². The number of benzene rings is 2. The van der Waals surface area contributed by atoms with E-state index in [1.165, 1.54) is 12.1 Å². The standard InChI is InChI=1S/C28H36FN5O4/c1-3-26(36)34-14-12-32(13-15-34)21-6-4-20(5-7-21)30-28(37)25-18-24(35)22-16-19(29)17-23(27(22)38-25)33-10-8-31(2)9-11-33/h4-7,16-17,24-25,35H,3,8-15,18H2,1-2H3,(H,30,37). The Hall–Kier alpha value is -3.37. The van der Waals surface area contributed by atoms with Crippen LogP contribution in [0.3, 0.4) is 0 Å². The van der Waals surface area contributed by atoms with Crippen LogP contribution < -0.4 is 19.9 Å². The van der Waals surface area contributed by atoms with Crippen LogP contribution in [0.5, 0.6) is 5.75 Å². The van der Waals surface area contributed by atoms with Crippen LogP contribution in [0.2, 0.25) is 0 Å². The third kappa shape index (κ3) is 5.56. The van der Waals surface area contributed by atoms with E-state index in [-0.39, 0.29) is 18.2 Å². The number of fused-ring (bicyclic) bond motifs is 1. The number of nitrogens with one attached hydrogen (secondary N) is 1. The smallest absolute Gasteiger partial charge is 0.265 e. The molecule has 9 nitrogen and oxygen atoms in total. The van der Waals surface area contributed by atoms with Crippen LogP contribution in [-0.2, 0) is 9.59 Å². The number of amides is 2. The van der Waals surface area contributed by atoms with E-state index < -0.39 is 18.0 Å². The van der Waals surface area contributed by atoms with Gasteiger partial charge in [0.05, 0.1) is 11.8 Å². The number of hydrogen-bond donors (Lipinski definition) is 2. The number of aliphatic hydroxyl groups is 1. The highest BCUT2D eigenvalue weighted by atomic mass is 19.1. The molecule has 0 radical (unpaired) electrons. The zero-order chi connectivity index (χ0) is 26.8. The van der Waals surface area contributed by atoms with E-state index in [0.29, 0.717) is 55.3 Å². The van der Waals surface area contributed by atoms with E-state index in [1.807, 2.05) is 48.0 Å². The summed E-state index contributed by atoms with van der Waals surface area (Å²) in [5, 5.41) is 13.7. The summed E-state index contributed by atoms with van der Waals surface area (Å²) in [5.41, 5.74) is 2.62. The highest BCUT2D eigenvalue weighted by Crippen LogP contribution is 2.43. The first-order valence-electron chi connectivity index (χ1n) is 13.4. The van der Waals surface area contributed by atoms with E-state index in [0.717, 1.165) is 31.9 Å². The van der Waals surface area contributed by atoms with Crippen LogP contribution >= 0.6 is 0 Å². The predicted molar refractivity (Wildman–Crippen MR) is 144 cm³/mol. The van der Waals surface area contributed by atoms with Crippen molar-refractivity contribution in [1.82, 2.24) is 9.80 Å². The van der Waals surface area contributed by atoms with Crippen molar-refractivity contribution in [1.29, 1.82) is 0 Å². The van der Waals surface area contributed by atoms with Gasteiger partial charge in [-0.05, 0) is 37.4 Å². The number of hydrogen-bond acceptors (Lipinski definition) is 7. The molecule has 2 amide bonds. The van der Waals surface area contributed by atoms with Gasteiger partial charge in [0.25, 0.3) is 5.91 Å². The number of piperazine rings is 2. The minimum Gasteiger partial charge on any atom is -0.478 e. The van der Waals surface area contributed by atoms with Gasteiger partial charge in [0.1, 0.15) is 11.6 Å². The third-order valence-corrected chi connectivity index (χ3v) is 7.69. The Kier molecular flexibility index (Phi) is 7.71. The van der Waals surface area contributed by atoms with E-state index in [1.54, 1.807) is 0 Å². The van der Waals surface area contributed by atoms with Crippen LogP contribution in [0.15, 0.2) is 36.4 Å². The lowest BCUT2D eigenvalue weighted by atomic mass is 9.97. The van der Waals surface area contributed by atoms with Crippen LogP contribution in [0.4, 0.5) is 21.5 Å². The topological polar surface area (TPSA) is 88.6 Å². The molecule has 10 heteroatoms. The van der Waals surface area contributed by atoms with Crippen molar-refractivity contribution in [2.75, 3.05) is 74.5 Å². The lowest BCUT2D eigenvalue weighted by molar-refractivity contribution is -0.131. The van der Waals surface area contributed by atoms with Gasteiger partial charge < -0.3 is 34.8 Å². The van der Waals surface area contributed by atoms with Crippen molar-refractivity contribution in [2.24, 2.45) is 0 Å². The molecule has 204 valence electrons. The molecule has 3 aliphatic rings. The van der Waals surface area contributed by atoms with Crippen molar-refractivity contribution < 1.29 is 23.8 Å². The number of anilines is 3. The molecule has 2 saturated heterocycles. The number of nitrogens with zero attached hydrogens (tertiary/aromatic N) is 4. The summed E-state index contributed by atoms with van der Waals surface area (Å²) in [7, 11) is 2.04. The lowest BCUT2D eigenvalue weighted by Crippen LogP contribution is -2.48. The van der Waals surface area contributed by atoms with Gasteiger partial charge in [0.2, 0.25) is 5.91 Å². The van der Waals surface area contributed by atoms with Gasteiger partial charge in [-0.1, -0.05) is 6.92 Å². The highest BCUT2D eigenvalue weighted by molar-refractivity contribution is 5.95. The third-order valence-electron chi connectivity index (χ3n) is 7.69. The van der Waals surface area contributed by atoms with Gasteiger partial charge in [-0.3, -0.25) is 9.59 Å². The fourth-order valence-corrected chi connectivity index (χ4v) is 5.35. The molecule has 2 fully saturated rings. The number of rotatable bonds is 5. The van der Waals surface area contributed by atoms with Crippen molar-refractivity contribution in [3.05, 3.63) is 47.8 Å². The van der Waals surface area contributed by atoms with Crippen molar-refractivity contribution in [3.63, 3.8) is 0 Å². The molecule has 0 aliphatic carbocycles. The minimum atomic E-state index is -1.00. The molecule has 38 heavy (non-hydrogen) atoms. The number of likely N-dealkylation sites (N-methyl/N-ethyl adjacent to an activating group) is 1.